The Kier molecular flexibility index (Phi) is 6.68. The zero-order chi connectivity index (χ0) is 18.2. The van der Waals surface area contributed by atoms with E-state index < -0.39 is 0 Å². The van der Waals surface area contributed by atoms with Crippen molar-refractivity contribution in [2.75, 3.05) is 26.7 Å². The van der Waals surface area contributed by atoms with E-state index in [1.165, 1.54) is 12.8 Å². The lowest BCUT2D eigenvalue weighted by molar-refractivity contribution is 0.185. The number of urea groups is 1. The zero-order valence-corrected chi connectivity index (χ0v) is 15.2. The molecule has 2 amide bonds. The van der Waals surface area contributed by atoms with Crippen LogP contribution in [0.3, 0.4) is 0 Å². The molecule has 2 N–H and O–H groups in total. The van der Waals surface area contributed by atoms with Gasteiger partial charge in [-0.3, -0.25) is 4.90 Å². The molecule has 1 unspecified atom stereocenters. The number of nitrogens with one attached hydrogen (secondary N) is 2. The summed E-state index contributed by atoms with van der Waals surface area (Å²) in [6.07, 6.45) is 4.08. The first-order valence-electron chi connectivity index (χ1n) is 9.12. The molecule has 2 aromatic rings. The number of methoxy groups -OCH3 is 1. The number of likely N-dealkylation sites (tertiary alicyclic amines) is 1. The van der Waals surface area contributed by atoms with Gasteiger partial charge in [-0.25, -0.2) is 4.79 Å². The van der Waals surface area contributed by atoms with Crippen molar-refractivity contribution < 1.29 is 13.9 Å². The predicted octanol–water partition coefficient (Wildman–Crippen LogP) is 3.06. The molecule has 1 atom stereocenters. The van der Waals surface area contributed by atoms with Gasteiger partial charge in [-0.1, -0.05) is 24.3 Å². The standard InChI is InChI=1S/C20H27N3O3/c1-25-15-17-8-6-16(7-9-17)13-21-20(24)22-14-18(19-5-4-12-26-19)23-10-2-3-11-23/h4-9,12,18H,2-3,10-11,13-15H2,1H3,(H2,21,22,24). The first kappa shape index (κ1) is 18.5. The lowest BCUT2D eigenvalue weighted by Gasteiger charge is -2.26. The monoisotopic (exact) mass is 357 g/mol. The van der Waals surface area contributed by atoms with Gasteiger partial charge in [0.25, 0.3) is 0 Å². The van der Waals surface area contributed by atoms with Gasteiger partial charge >= 0.3 is 6.03 Å². The van der Waals surface area contributed by atoms with E-state index in [1.54, 1.807) is 13.4 Å². The summed E-state index contributed by atoms with van der Waals surface area (Å²) in [5.41, 5.74) is 2.18. The van der Waals surface area contributed by atoms with Gasteiger partial charge in [-0.15, -0.1) is 0 Å². The summed E-state index contributed by atoms with van der Waals surface area (Å²) in [5.74, 6) is 0.904. The van der Waals surface area contributed by atoms with E-state index in [1.807, 2.05) is 36.4 Å². The van der Waals surface area contributed by atoms with Gasteiger partial charge in [0, 0.05) is 20.2 Å². The van der Waals surface area contributed by atoms with Crippen LogP contribution < -0.4 is 10.6 Å². The van der Waals surface area contributed by atoms with Gasteiger partial charge < -0.3 is 19.8 Å². The summed E-state index contributed by atoms with van der Waals surface area (Å²) in [7, 11) is 1.68. The first-order valence-corrected chi connectivity index (χ1v) is 9.12. The molecule has 2 heterocycles. The number of hydrogen-bond donors (Lipinski definition) is 2. The number of furan rings is 1. The molecule has 6 heteroatoms. The van der Waals surface area contributed by atoms with Crippen molar-refractivity contribution >= 4 is 6.03 Å². The molecule has 140 valence electrons. The molecule has 6 nitrogen and oxygen atoms in total. The number of carbonyl (C=O) groups is 1. The molecule has 1 aliphatic rings. The van der Waals surface area contributed by atoms with Crippen LogP contribution in [0.5, 0.6) is 0 Å². The highest BCUT2D eigenvalue weighted by Gasteiger charge is 2.25. The van der Waals surface area contributed by atoms with Gasteiger partial charge in [0.2, 0.25) is 0 Å². The molecular formula is C20H27N3O3. The van der Waals surface area contributed by atoms with E-state index in [0.717, 1.165) is 30.0 Å². The molecule has 0 saturated carbocycles. The third-order valence-electron chi connectivity index (χ3n) is 4.70. The van der Waals surface area contributed by atoms with Crippen molar-refractivity contribution in [3.63, 3.8) is 0 Å². The minimum absolute atomic E-state index is 0.0894. The summed E-state index contributed by atoms with van der Waals surface area (Å²) >= 11 is 0. The molecule has 1 aliphatic heterocycles. The van der Waals surface area contributed by atoms with Crippen LogP contribution in [0.4, 0.5) is 4.79 Å². The highest BCUT2D eigenvalue weighted by molar-refractivity contribution is 5.73. The third kappa shape index (κ3) is 5.09. The fourth-order valence-electron chi connectivity index (χ4n) is 3.30. The maximum atomic E-state index is 12.2. The second kappa shape index (κ2) is 9.40. The topological polar surface area (TPSA) is 66.7 Å². The number of amides is 2. The molecular weight excluding hydrogens is 330 g/mol. The molecule has 3 rings (SSSR count). The first-order chi connectivity index (χ1) is 12.8. The second-order valence-electron chi connectivity index (χ2n) is 6.59. The Morgan fingerprint density at radius 3 is 2.54 bits per heavy atom. The Morgan fingerprint density at radius 2 is 1.88 bits per heavy atom. The number of ether oxygens (including phenoxy) is 1. The minimum atomic E-state index is -0.165. The number of rotatable bonds is 8. The third-order valence-corrected chi connectivity index (χ3v) is 4.70. The Hall–Kier alpha value is -2.31. The highest BCUT2D eigenvalue weighted by atomic mass is 16.5. The van der Waals surface area contributed by atoms with Crippen molar-refractivity contribution in [1.82, 2.24) is 15.5 Å². The highest BCUT2D eigenvalue weighted by Crippen LogP contribution is 2.24. The molecule has 0 aliphatic carbocycles. The van der Waals surface area contributed by atoms with Crippen LogP contribution >= 0.6 is 0 Å². The quantitative estimate of drug-likeness (QED) is 0.762. The van der Waals surface area contributed by atoms with Crippen LogP contribution in [-0.4, -0.2) is 37.7 Å². The lowest BCUT2D eigenvalue weighted by atomic mass is 10.1. The normalized spacial score (nSPS) is 15.7. The Bertz CT molecular complexity index is 664. The van der Waals surface area contributed by atoms with Gasteiger partial charge in [-0.2, -0.15) is 0 Å². The number of hydrogen-bond acceptors (Lipinski definition) is 4. The van der Waals surface area contributed by atoms with Crippen molar-refractivity contribution in [2.24, 2.45) is 0 Å². The van der Waals surface area contributed by atoms with Crippen LogP contribution in [0.15, 0.2) is 47.1 Å². The smallest absolute Gasteiger partial charge is 0.315 e. The molecule has 1 aromatic heterocycles. The van der Waals surface area contributed by atoms with Crippen LogP contribution in [0.1, 0.15) is 35.8 Å². The Balaban J connectivity index is 1.47. The maximum Gasteiger partial charge on any atom is 0.315 e. The second-order valence-corrected chi connectivity index (χ2v) is 6.59. The Morgan fingerprint density at radius 1 is 1.15 bits per heavy atom. The van der Waals surface area contributed by atoms with E-state index in [9.17, 15) is 4.79 Å². The summed E-state index contributed by atoms with van der Waals surface area (Å²) in [6.45, 7) is 3.71. The number of carbonyl (C=O) groups excluding carboxylic acids is 1. The number of nitrogens with zero attached hydrogens (tertiary/aromatic N) is 1. The van der Waals surface area contributed by atoms with E-state index in [0.29, 0.717) is 19.7 Å². The van der Waals surface area contributed by atoms with Crippen LogP contribution in [0, 0.1) is 0 Å². The van der Waals surface area contributed by atoms with Crippen LogP contribution in [-0.2, 0) is 17.9 Å². The van der Waals surface area contributed by atoms with E-state index in [4.69, 9.17) is 9.15 Å². The molecule has 1 aromatic carbocycles. The number of benzene rings is 1. The summed E-state index contributed by atoms with van der Waals surface area (Å²) in [6, 6.07) is 11.8. The fraction of sp³-hybridized carbons (Fsp3) is 0.450. The van der Waals surface area contributed by atoms with Crippen molar-refractivity contribution in [2.45, 2.75) is 32.0 Å². The van der Waals surface area contributed by atoms with E-state index in [2.05, 4.69) is 15.5 Å². The molecule has 1 fully saturated rings. The molecule has 0 radical (unpaired) electrons. The zero-order valence-electron chi connectivity index (χ0n) is 15.2. The SMILES string of the molecule is COCc1ccc(CNC(=O)NCC(c2ccco2)N2CCCC2)cc1. The van der Waals surface area contributed by atoms with Crippen molar-refractivity contribution in [1.29, 1.82) is 0 Å². The van der Waals surface area contributed by atoms with E-state index in [-0.39, 0.29) is 12.1 Å². The summed E-state index contributed by atoms with van der Waals surface area (Å²) in [5, 5.41) is 5.89. The van der Waals surface area contributed by atoms with Gasteiger partial charge in [0.05, 0.1) is 18.9 Å². The van der Waals surface area contributed by atoms with Crippen molar-refractivity contribution in [3.8, 4) is 0 Å². The molecule has 26 heavy (non-hydrogen) atoms. The fourth-order valence-corrected chi connectivity index (χ4v) is 3.30. The van der Waals surface area contributed by atoms with Gasteiger partial charge in [-0.05, 0) is 49.2 Å². The van der Waals surface area contributed by atoms with Crippen LogP contribution in [0.25, 0.3) is 0 Å². The maximum absolute atomic E-state index is 12.2. The average Bonchev–Trinajstić information content (AvgIpc) is 3.36. The largest absolute Gasteiger partial charge is 0.468 e. The van der Waals surface area contributed by atoms with Crippen molar-refractivity contribution in [3.05, 3.63) is 59.5 Å². The minimum Gasteiger partial charge on any atom is -0.468 e. The summed E-state index contributed by atoms with van der Waals surface area (Å²) in [4.78, 5) is 14.6. The summed E-state index contributed by atoms with van der Waals surface area (Å²) < 4.78 is 10.7. The average molecular weight is 357 g/mol. The molecule has 0 bridgehead atoms. The molecule has 0 spiro atoms. The van der Waals surface area contributed by atoms with Gasteiger partial charge in [0.1, 0.15) is 5.76 Å². The predicted molar refractivity (Wildman–Crippen MR) is 99.6 cm³/mol. The van der Waals surface area contributed by atoms with Gasteiger partial charge in [0.15, 0.2) is 0 Å². The molecule has 1 saturated heterocycles. The van der Waals surface area contributed by atoms with Crippen LogP contribution in [0.2, 0.25) is 0 Å². The lowest BCUT2D eigenvalue weighted by Crippen LogP contribution is -2.41. The Labute approximate surface area is 154 Å². The van der Waals surface area contributed by atoms with E-state index >= 15 is 0 Å².